The molecular weight excluding hydrogens is 215 g/mol. The lowest BCUT2D eigenvalue weighted by Crippen LogP contribution is -2.13. The van der Waals surface area contributed by atoms with Gasteiger partial charge in [-0.2, -0.15) is 0 Å². The van der Waals surface area contributed by atoms with E-state index in [0.717, 1.165) is 25.7 Å². The van der Waals surface area contributed by atoms with E-state index < -0.39 is 13.3 Å². The minimum atomic E-state index is -3.20. The standard InChI is InChI=1S/C10H19O4P/c11-10(12)6-7-15(13,14)8-9-4-2-1-3-5-9/h9H,1-8H2,(H,11,12)(H,13,14). The van der Waals surface area contributed by atoms with Crippen molar-refractivity contribution < 1.29 is 19.4 Å². The number of carboxylic acids is 1. The van der Waals surface area contributed by atoms with Crippen LogP contribution in [0.5, 0.6) is 0 Å². The fourth-order valence-electron chi connectivity index (χ4n) is 2.13. The maximum absolute atomic E-state index is 11.7. The van der Waals surface area contributed by atoms with Crippen LogP contribution in [0.25, 0.3) is 0 Å². The van der Waals surface area contributed by atoms with Crippen LogP contribution in [-0.2, 0) is 9.36 Å². The monoisotopic (exact) mass is 234 g/mol. The Morgan fingerprint density at radius 2 is 1.87 bits per heavy atom. The van der Waals surface area contributed by atoms with E-state index in [-0.39, 0.29) is 12.6 Å². The van der Waals surface area contributed by atoms with Gasteiger partial charge in [0.2, 0.25) is 7.37 Å². The van der Waals surface area contributed by atoms with Gasteiger partial charge in [-0.3, -0.25) is 9.36 Å². The number of aliphatic carboxylic acids is 1. The van der Waals surface area contributed by atoms with Gasteiger partial charge in [0.25, 0.3) is 0 Å². The predicted octanol–water partition coefficient (Wildman–Crippen LogP) is 2.31. The second-order valence-corrected chi connectivity index (χ2v) is 6.91. The van der Waals surface area contributed by atoms with E-state index >= 15 is 0 Å². The Hall–Kier alpha value is -0.340. The first-order valence-electron chi connectivity index (χ1n) is 5.52. The molecule has 1 aliphatic rings. The van der Waals surface area contributed by atoms with Gasteiger partial charge in [0, 0.05) is 12.3 Å². The molecule has 0 spiro atoms. The average molecular weight is 234 g/mol. The minimum Gasteiger partial charge on any atom is -0.481 e. The van der Waals surface area contributed by atoms with Gasteiger partial charge in [-0.05, 0) is 18.8 Å². The highest BCUT2D eigenvalue weighted by molar-refractivity contribution is 7.58. The van der Waals surface area contributed by atoms with Crippen molar-refractivity contribution in [1.29, 1.82) is 0 Å². The van der Waals surface area contributed by atoms with Crippen molar-refractivity contribution in [1.82, 2.24) is 0 Å². The zero-order valence-electron chi connectivity index (χ0n) is 8.89. The van der Waals surface area contributed by atoms with Crippen LogP contribution in [0.15, 0.2) is 0 Å². The molecule has 15 heavy (non-hydrogen) atoms. The minimum absolute atomic E-state index is 0.0706. The highest BCUT2D eigenvalue weighted by atomic mass is 31.2. The lowest BCUT2D eigenvalue weighted by molar-refractivity contribution is -0.136. The molecule has 0 aliphatic heterocycles. The normalized spacial score (nSPS) is 22.2. The highest BCUT2D eigenvalue weighted by Gasteiger charge is 2.25. The van der Waals surface area contributed by atoms with Crippen molar-refractivity contribution in [2.24, 2.45) is 5.92 Å². The molecule has 1 fully saturated rings. The van der Waals surface area contributed by atoms with E-state index in [0.29, 0.717) is 12.1 Å². The van der Waals surface area contributed by atoms with Gasteiger partial charge in [-0.15, -0.1) is 0 Å². The van der Waals surface area contributed by atoms with Crippen LogP contribution in [-0.4, -0.2) is 28.3 Å². The molecule has 1 rings (SSSR count). The largest absolute Gasteiger partial charge is 0.481 e. The zero-order chi connectivity index (χ0) is 11.3. The molecule has 0 aromatic heterocycles. The van der Waals surface area contributed by atoms with Crippen molar-refractivity contribution in [3.05, 3.63) is 0 Å². The van der Waals surface area contributed by atoms with Crippen molar-refractivity contribution in [3.8, 4) is 0 Å². The molecule has 4 nitrogen and oxygen atoms in total. The van der Waals surface area contributed by atoms with E-state index in [2.05, 4.69) is 0 Å². The van der Waals surface area contributed by atoms with E-state index in [1.54, 1.807) is 0 Å². The molecule has 5 heteroatoms. The fourth-order valence-corrected chi connectivity index (χ4v) is 4.03. The molecule has 88 valence electrons. The molecule has 0 aromatic carbocycles. The maximum atomic E-state index is 11.7. The average Bonchev–Trinajstić information content (AvgIpc) is 2.16. The van der Waals surface area contributed by atoms with Gasteiger partial charge in [0.1, 0.15) is 0 Å². The molecule has 0 aromatic rings. The summed E-state index contributed by atoms with van der Waals surface area (Å²) in [6.07, 6.45) is 5.61. The van der Waals surface area contributed by atoms with Crippen LogP contribution in [0.3, 0.4) is 0 Å². The van der Waals surface area contributed by atoms with Gasteiger partial charge >= 0.3 is 5.97 Å². The molecular formula is C10H19O4P. The SMILES string of the molecule is O=C(O)CCP(=O)(O)CC1CCCCC1. The van der Waals surface area contributed by atoms with Crippen LogP contribution in [0.1, 0.15) is 38.5 Å². The lowest BCUT2D eigenvalue weighted by atomic mass is 9.91. The van der Waals surface area contributed by atoms with E-state index in [9.17, 15) is 14.3 Å². The number of rotatable bonds is 5. The first-order valence-corrected chi connectivity index (χ1v) is 7.55. The molecule has 0 radical (unpaired) electrons. The van der Waals surface area contributed by atoms with Gasteiger partial charge in [0.15, 0.2) is 0 Å². The molecule has 1 atom stereocenters. The Labute approximate surface area is 90.1 Å². The molecule has 0 saturated heterocycles. The number of hydrogen-bond acceptors (Lipinski definition) is 2. The summed E-state index contributed by atoms with van der Waals surface area (Å²) < 4.78 is 11.7. The van der Waals surface area contributed by atoms with Gasteiger partial charge in [-0.1, -0.05) is 19.3 Å². The van der Waals surface area contributed by atoms with Crippen LogP contribution < -0.4 is 0 Å². The summed E-state index contributed by atoms with van der Waals surface area (Å²) in [7, 11) is -3.20. The Morgan fingerprint density at radius 1 is 1.27 bits per heavy atom. The molecule has 2 N–H and O–H groups in total. The third-order valence-electron chi connectivity index (χ3n) is 2.94. The second-order valence-electron chi connectivity index (χ2n) is 4.40. The molecule has 0 amide bonds. The predicted molar refractivity (Wildman–Crippen MR) is 58.4 cm³/mol. The van der Waals surface area contributed by atoms with Crippen molar-refractivity contribution in [3.63, 3.8) is 0 Å². The van der Waals surface area contributed by atoms with Crippen LogP contribution in [0.4, 0.5) is 0 Å². The summed E-state index contributed by atoms with van der Waals surface area (Å²) in [5.74, 6) is -0.656. The van der Waals surface area contributed by atoms with E-state index in [1.165, 1.54) is 6.42 Å². The Kier molecular flexibility index (Phi) is 4.81. The fraction of sp³-hybridized carbons (Fsp3) is 0.900. The summed E-state index contributed by atoms with van der Waals surface area (Å²) >= 11 is 0. The van der Waals surface area contributed by atoms with Crippen LogP contribution >= 0.6 is 7.37 Å². The molecule has 1 aliphatic carbocycles. The maximum Gasteiger partial charge on any atom is 0.303 e. The number of carbonyl (C=O) groups is 1. The third-order valence-corrected chi connectivity index (χ3v) is 4.95. The first kappa shape index (κ1) is 12.7. The molecule has 1 saturated carbocycles. The molecule has 1 unspecified atom stereocenters. The van der Waals surface area contributed by atoms with E-state index in [1.807, 2.05) is 0 Å². The Morgan fingerprint density at radius 3 is 2.40 bits per heavy atom. The highest BCUT2D eigenvalue weighted by Crippen LogP contribution is 2.45. The summed E-state index contributed by atoms with van der Waals surface area (Å²) in [6, 6.07) is 0. The summed E-state index contributed by atoms with van der Waals surface area (Å²) in [5.41, 5.74) is 0. The first-order chi connectivity index (χ1) is 6.99. The van der Waals surface area contributed by atoms with Gasteiger partial charge < -0.3 is 10.00 Å². The third kappa shape index (κ3) is 5.33. The quantitative estimate of drug-likeness (QED) is 0.716. The number of hydrogen-bond donors (Lipinski definition) is 2. The van der Waals surface area contributed by atoms with Crippen LogP contribution in [0, 0.1) is 5.92 Å². The van der Waals surface area contributed by atoms with E-state index in [4.69, 9.17) is 5.11 Å². The van der Waals surface area contributed by atoms with Crippen molar-refractivity contribution in [2.45, 2.75) is 38.5 Å². The zero-order valence-corrected chi connectivity index (χ0v) is 9.79. The molecule has 0 bridgehead atoms. The topological polar surface area (TPSA) is 74.6 Å². The Bertz CT molecular complexity index is 258. The van der Waals surface area contributed by atoms with Gasteiger partial charge in [0.05, 0.1) is 6.42 Å². The summed E-state index contributed by atoms with van der Waals surface area (Å²) in [5, 5.41) is 8.45. The van der Waals surface area contributed by atoms with Crippen molar-refractivity contribution in [2.75, 3.05) is 12.3 Å². The lowest BCUT2D eigenvalue weighted by Gasteiger charge is -2.23. The van der Waals surface area contributed by atoms with Crippen LogP contribution in [0.2, 0.25) is 0 Å². The Balaban J connectivity index is 2.33. The second kappa shape index (κ2) is 5.66. The summed E-state index contributed by atoms with van der Waals surface area (Å²) in [6.45, 7) is 0. The number of carboxylic acid groups (broad SMARTS) is 1. The van der Waals surface area contributed by atoms with Gasteiger partial charge in [-0.25, -0.2) is 0 Å². The van der Waals surface area contributed by atoms with Crippen molar-refractivity contribution >= 4 is 13.3 Å². The summed E-state index contributed by atoms with van der Waals surface area (Å²) in [4.78, 5) is 19.9. The smallest absolute Gasteiger partial charge is 0.303 e. The molecule has 0 heterocycles.